The molecule has 0 radical (unpaired) electrons. The minimum Gasteiger partial charge on any atom is -0.273 e. The molecule has 0 saturated heterocycles. The van der Waals surface area contributed by atoms with Crippen molar-refractivity contribution < 1.29 is 0 Å². The normalized spacial score (nSPS) is 10.0. The van der Waals surface area contributed by atoms with Gasteiger partial charge in [-0.05, 0) is 12.5 Å². The average molecular weight is 124 g/mol. The molecule has 0 amide bonds. The molecule has 0 spiro atoms. The smallest absolute Gasteiger partial charge is 0.0492 e. The van der Waals surface area contributed by atoms with E-state index < -0.39 is 0 Å². The summed E-state index contributed by atoms with van der Waals surface area (Å²) in [6.45, 7) is 2.17. The SMILES string of the molecule is CCCc1ccnn1C. The second-order valence-corrected chi connectivity index (χ2v) is 2.20. The lowest BCUT2D eigenvalue weighted by atomic mass is 10.2. The Hall–Kier alpha value is -0.790. The lowest BCUT2D eigenvalue weighted by molar-refractivity contribution is 0.698. The van der Waals surface area contributed by atoms with Crippen LogP contribution < -0.4 is 0 Å². The number of nitrogens with zero attached hydrogens (tertiary/aromatic N) is 2. The first-order valence-electron chi connectivity index (χ1n) is 3.31. The van der Waals surface area contributed by atoms with Crippen LogP contribution in [-0.2, 0) is 13.5 Å². The van der Waals surface area contributed by atoms with Gasteiger partial charge in [0, 0.05) is 18.9 Å². The van der Waals surface area contributed by atoms with Gasteiger partial charge in [-0.3, -0.25) is 4.68 Å². The van der Waals surface area contributed by atoms with Crippen molar-refractivity contribution in [1.82, 2.24) is 9.78 Å². The summed E-state index contributed by atoms with van der Waals surface area (Å²) in [6.07, 6.45) is 4.17. The standard InChI is InChI=1S/C7H12N2/c1-3-4-7-5-6-8-9(7)2/h5-6H,3-4H2,1-2H3. The van der Waals surface area contributed by atoms with Gasteiger partial charge in [0.25, 0.3) is 0 Å². The number of hydrogen-bond donors (Lipinski definition) is 0. The highest BCUT2D eigenvalue weighted by molar-refractivity contribution is 4.99. The Labute approximate surface area is 55.5 Å². The van der Waals surface area contributed by atoms with E-state index in [-0.39, 0.29) is 0 Å². The molecular weight excluding hydrogens is 112 g/mol. The number of rotatable bonds is 2. The zero-order valence-electron chi connectivity index (χ0n) is 5.96. The fourth-order valence-electron chi connectivity index (χ4n) is 0.903. The maximum Gasteiger partial charge on any atom is 0.0492 e. The Balaban J connectivity index is 2.69. The molecule has 0 aliphatic rings. The van der Waals surface area contributed by atoms with Gasteiger partial charge >= 0.3 is 0 Å². The monoisotopic (exact) mass is 124 g/mol. The van der Waals surface area contributed by atoms with Crippen LogP contribution in [0, 0.1) is 0 Å². The van der Waals surface area contributed by atoms with Gasteiger partial charge in [0.05, 0.1) is 0 Å². The maximum atomic E-state index is 4.05. The first-order chi connectivity index (χ1) is 4.34. The first-order valence-corrected chi connectivity index (χ1v) is 3.31. The molecule has 0 bridgehead atoms. The summed E-state index contributed by atoms with van der Waals surface area (Å²) in [5, 5.41) is 4.05. The van der Waals surface area contributed by atoms with Crippen LogP contribution in [0.15, 0.2) is 12.3 Å². The first kappa shape index (κ1) is 6.33. The van der Waals surface area contributed by atoms with Crippen LogP contribution in [0.25, 0.3) is 0 Å². The van der Waals surface area contributed by atoms with Gasteiger partial charge in [0.15, 0.2) is 0 Å². The third-order valence-electron chi connectivity index (χ3n) is 1.43. The molecule has 0 aliphatic carbocycles. The second-order valence-electron chi connectivity index (χ2n) is 2.20. The summed E-state index contributed by atoms with van der Waals surface area (Å²) in [6, 6.07) is 2.06. The van der Waals surface area contributed by atoms with E-state index in [0.29, 0.717) is 0 Å². The second kappa shape index (κ2) is 2.67. The van der Waals surface area contributed by atoms with Crippen LogP contribution in [0.4, 0.5) is 0 Å². The van der Waals surface area contributed by atoms with E-state index in [1.165, 1.54) is 12.1 Å². The molecular formula is C7H12N2. The summed E-state index contributed by atoms with van der Waals surface area (Å²) in [7, 11) is 1.98. The van der Waals surface area contributed by atoms with Crippen LogP contribution in [-0.4, -0.2) is 9.78 Å². The molecule has 0 unspecified atom stereocenters. The zero-order chi connectivity index (χ0) is 6.69. The van der Waals surface area contributed by atoms with Crippen molar-refractivity contribution in [2.24, 2.45) is 7.05 Å². The Bertz CT molecular complexity index is 179. The maximum absolute atomic E-state index is 4.05. The van der Waals surface area contributed by atoms with Crippen LogP contribution in [0.2, 0.25) is 0 Å². The molecule has 9 heavy (non-hydrogen) atoms. The Morgan fingerprint density at radius 3 is 2.89 bits per heavy atom. The van der Waals surface area contributed by atoms with Crippen molar-refractivity contribution in [1.29, 1.82) is 0 Å². The van der Waals surface area contributed by atoms with Crippen LogP contribution in [0.5, 0.6) is 0 Å². The molecule has 1 rings (SSSR count). The minimum atomic E-state index is 1.14. The molecule has 0 fully saturated rings. The molecule has 0 aromatic carbocycles. The van der Waals surface area contributed by atoms with Gasteiger partial charge in [-0.1, -0.05) is 13.3 Å². The summed E-state index contributed by atoms with van der Waals surface area (Å²) < 4.78 is 1.92. The van der Waals surface area contributed by atoms with Gasteiger partial charge in [0.2, 0.25) is 0 Å². The molecule has 2 nitrogen and oxygen atoms in total. The highest BCUT2D eigenvalue weighted by Gasteiger charge is 1.93. The summed E-state index contributed by atoms with van der Waals surface area (Å²) in [4.78, 5) is 0. The van der Waals surface area contributed by atoms with Crippen molar-refractivity contribution in [2.75, 3.05) is 0 Å². The molecule has 1 heterocycles. The third kappa shape index (κ3) is 1.31. The van der Waals surface area contributed by atoms with Crippen molar-refractivity contribution >= 4 is 0 Å². The van der Waals surface area contributed by atoms with E-state index in [0.717, 1.165) is 6.42 Å². The van der Waals surface area contributed by atoms with E-state index in [2.05, 4.69) is 18.1 Å². The van der Waals surface area contributed by atoms with E-state index in [4.69, 9.17) is 0 Å². The van der Waals surface area contributed by atoms with Crippen molar-refractivity contribution in [3.63, 3.8) is 0 Å². The Morgan fingerprint density at radius 1 is 1.67 bits per heavy atom. The molecule has 0 saturated carbocycles. The number of aromatic nitrogens is 2. The van der Waals surface area contributed by atoms with Gasteiger partial charge in [-0.25, -0.2) is 0 Å². The average Bonchev–Trinajstić information content (AvgIpc) is 2.18. The zero-order valence-corrected chi connectivity index (χ0v) is 5.96. The van der Waals surface area contributed by atoms with E-state index >= 15 is 0 Å². The lowest BCUT2D eigenvalue weighted by Gasteiger charge is -1.96. The van der Waals surface area contributed by atoms with E-state index in [1.54, 1.807) is 0 Å². The predicted molar refractivity (Wildman–Crippen MR) is 37.2 cm³/mol. The van der Waals surface area contributed by atoms with E-state index in [1.807, 2.05) is 17.9 Å². The molecule has 50 valence electrons. The quantitative estimate of drug-likeness (QED) is 0.582. The van der Waals surface area contributed by atoms with Gasteiger partial charge < -0.3 is 0 Å². The summed E-state index contributed by atoms with van der Waals surface area (Å²) >= 11 is 0. The molecule has 0 aliphatic heterocycles. The number of aryl methyl sites for hydroxylation is 2. The summed E-state index contributed by atoms with van der Waals surface area (Å²) in [5.74, 6) is 0. The van der Waals surface area contributed by atoms with Gasteiger partial charge in [0.1, 0.15) is 0 Å². The Morgan fingerprint density at radius 2 is 2.44 bits per heavy atom. The topological polar surface area (TPSA) is 17.8 Å². The van der Waals surface area contributed by atoms with Crippen molar-refractivity contribution in [3.8, 4) is 0 Å². The largest absolute Gasteiger partial charge is 0.273 e. The lowest BCUT2D eigenvalue weighted by Crippen LogP contribution is -1.96. The Kier molecular flexibility index (Phi) is 1.88. The molecule has 0 N–H and O–H groups in total. The van der Waals surface area contributed by atoms with Crippen LogP contribution in [0.1, 0.15) is 19.0 Å². The molecule has 0 atom stereocenters. The fraction of sp³-hybridized carbons (Fsp3) is 0.571. The fourth-order valence-corrected chi connectivity index (χ4v) is 0.903. The third-order valence-corrected chi connectivity index (χ3v) is 1.43. The highest BCUT2D eigenvalue weighted by Crippen LogP contribution is 1.98. The van der Waals surface area contributed by atoms with Crippen LogP contribution in [0.3, 0.4) is 0 Å². The van der Waals surface area contributed by atoms with Gasteiger partial charge in [-0.2, -0.15) is 5.10 Å². The van der Waals surface area contributed by atoms with Crippen LogP contribution >= 0.6 is 0 Å². The summed E-state index contributed by atoms with van der Waals surface area (Å²) in [5.41, 5.74) is 1.32. The number of hydrogen-bond acceptors (Lipinski definition) is 1. The molecule has 2 heteroatoms. The minimum absolute atomic E-state index is 1.14. The van der Waals surface area contributed by atoms with Gasteiger partial charge in [-0.15, -0.1) is 0 Å². The van der Waals surface area contributed by atoms with Crippen molar-refractivity contribution in [2.45, 2.75) is 19.8 Å². The van der Waals surface area contributed by atoms with Crippen molar-refractivity contribution in [3.05, 3.63) is 18.0 Å². The molecule has 1 aromatic heterocycles. The highest BCUT2D eigenvalue weighted by atomic mass is 15.2. The predicted octanol–water partition coefficient (Wildman–Crippen LogP) is 1.37. The van der Waals surface area contributed by atoms with E-state index in [9.17, 15) is 0 Å². The molecule has 1 aromatic rings.